The quantitative estimate of drug-likeness (QED) is 0.577. The number of rotatable bonds is 7. The highest BCUT2D eigenvalue weighted by atomic mass is 19.1. The van der Waals surface area contributed by atoms with Crippen LogP contribution in [0.2, 0.25) is 0 Å². The summed E-state index contributed by atoms with van der Waals surface area (Å²) in [6.07, 6.45) is 0. The van der Waals surface area contributed by atoms with E-state index in [1.807, 2.05) is 0 Å². The first kappa shape index (κ1) is 19.4. The zero-order valence-electron chi connectivity index (χ0n) is 15.1. The average Bonchev–Trinajstić information content (AvgIpc) is 3.15. The van der Waals surface area contributed by atoms with Gasteiger partial charge in [-0.25, -0.2) is 4.39 Å². The molecule has 146 valence electrons. The third-order valence-corrected chi connectivity index (χ3v) is 4.14. The highest BCUT2D eigenvalue weighted by Gasteiger charge is 2.23. The van der Waals surface area contributed by atoms with Crippen molar-refractivity contribution in [2.75, 3.05) is 13.7 Å². The summed E-state index contributed by atoms with van der Waals surface area (Å²) in [6.45, 7) is -0.460. The highest BCUT2D eigenvalue weighted by molar-refractivity contribution is 5.99. The Morgan fingerprint density at radius 3 is 2.64 bits per heavy atom. The Morgan fingerprint density at radius 2 is 1.96 bits per heavy atom. The van der Waals surface area contributed by atoms with Gasteiger partial charge in [-0.3, -0.25) is 9.59 Å². The Morgan fingerprint density at radius 1 is 1.21 bits per heavy atom. The largest absolute Gasteiger partial charge is 0.493 e. The Balaban J connectivity index is 1.65. The Kier molecular flexibility index (Phi) is 5.90. The fourth-order valence-corrected chi connectivity index (χ4v) is 2.65. The van der Waals surface area contributed by atoms with E-state index in [0.29, 0.717) is 22.3 Å². The molecule has 0 spiro atoms. The van der Waals surface area contributed by atoms with Gasteiger partial charge in [0.15, 0.2) is 17.1 Å². The number of benzene rings is 2. The Bertz CT molecular complexity index is 984. The predicted octanol–water partition coefficient (Wildman–Crippen LogP) is 1.99. The molecule has 28 heavy (non-hydrogen) atoms. The van der Waals surface area contributed by atoms with Gasteiger partial charge in [-0.2, -0.15) is 0 Å². The fraction of sp³-hybridized carbons (Fsp3) is 0.200. The normalized spacial score (nSPS) is 11.8. The summed E-state index contributed by atoms with van der Waals surface area (Å²) >= 11 is 0. The molecule has 3 N–H and O–H groups in total. The predicted molar refractivity (Wildman–Crippen MR) is 99.4 cm³/mol. The van der Waals surface area contributed by atoms with Gasteiger partial charge in [0.05, 0.1) is 13.7 Å². The van der Waals surface area contributed by atoms with E-state index in [9.17, 15) is 19.1 Å². The van der Waals surface area contributed by atoms with Gasteiger partial charge in [-0.05, 0) is 29.8 Å². The van der Waals surface area contributed by atoms with Crippen molar-refractivity contribution in [2.24, 2.45) is 0 Å². The molecule has 0 fully saturated rings. The van der Waals surface area contributed by atoms with E-state index in [0.717, 1.165) is 0 Å². The number of carbonyl (C=O) groups is 2. The summed E-state index contributed by atoms with van der Waals surface area (Å²) in [5.41, 5.74) is 1.10. The third kappa shape index (κ3) is 4.29. The van der Waals surface area contributed by atoms with Crippen LogP contribution in [0.3, 0.4) is 0 Å². The van der Waals surface area contributed by atoms with Gasteiger partial charge in [0.25, 0.3) is 5.91 Å². The zero-order valence-corrected chi connectivity index (χ0v) is 15.1. The second-order valence-electron chi connectivity index (χ2n) is 6.04. The van der Waals surface area contributed by atoms with Gasteiger partial charge in [0.1, 0.15) is 11.9 Å². The van der Waals surface area contributed by atoms with Crippen LogP contribution in [0, 0.1) is 5.82 Å². The molecule has 0 saturated carbocycles. The molecule has 0 saturated heterocycles. The van der Waals surface area contributed by atoms with Crippen molar-refractivity contribution in [3.05, 3.63) is 65.7 Å². The average molecular weight is 386 g/mol. The molecule has 1 aromatic heterocycles. The molecular weight excluding hydrogens is 367 g/mol. The Labute approximate surface area is 160 Å². The summed E-state index contributed by atoms with van der Waals surface area (Å²) in [6, 6.07) is 11.2. The minimum absolute atomic E-state index is 0.00992. The van der Waals surface area contributed by atoms with E-state index in [2.05, 4.69) is 10.6 Å². The van der Waals surface area contributed by atoms with Crippen molar-refractivity contribution in [1.29, 1.82) is 0 Å². The molecule has 1 heterocycles. The lowest BCUT2D eigenvalue weighted by Gasteiger charge is -2.15. The van der Waals surface area contributed by atoms with Crippen LogP contribution in [-0.2, 0) is 11.3 Å². The molecule has 2 aromatic carbocycles. The van der Waals surface area contributed by atoms with Gasteiger partial charge in [-0.15, -0.1) is 0 Å². The third-order valence-electron chi connectivity index (χ3n) is 4.14. The minimum Gasteiger partial charge on any atom is -0.493 e. The molecule has 0 aliphatic carbocycles. The lowest BCUT2D eigenvalue weighted by atomic mass is 10.2. The van der Waals surface area contributed by atoms with E-state index in [-0.39, 0.29) is 18.1 Å². The molecule has 0 radical (unpaired) electrons. The number of nitrogens with one attached hydrogen (secondary N) is 2. The van der Waals surface area contributed by atoms with Gasteiger partial charge in [0, 0.05) is 11.9 Å². The molecule has 8 heteroatoms. The standard InChI is InChI=1S/C20H19FN2O5/c1-27-16-4-2-3-13-9-17(28-18(13)16)20(26)23-15(11-24)19(25)22-10-12-5-7-14(21)8-6-12/h2-9,15,24H,10-11H2,1H3,(H,22,25)(H,23,26). The van der Waals surface area contributed by atoms with Crippen LogP contribution in [-0.4, -0.2) is 36.7 Å². The molecule has 3 rings (SSSR count). The summed E-state index contributed by atoms with van der Waals surface area (Å²) in [4.78, 5) is 24.7. The van der Waals surface area contributed by atoms with Crippen LogP contribution in [0.5, 0.6) is 5.75 Å². The molecule has 1 unspecified atom stereocenters. The van der Waals surface area contributed by atoms with Crippen molar-refractivity contribution in [2.45, 2.75) is 12.6 Å². The van der Waals surface area contributed by atoms with E-state index in [1.165, 1.54) is 37.4 Å². The van der Waals surface area contributed by atoms with Crippen molar-refractivity contribution in [3.8, 4) is 5.75 Å². The molecular formula is C20H19FN2O5. The molecule has 3 aromatic rings. The first-order valence-electron chi connectivity index (χ1n) is 8.52. The number of furan rings is 1. The van der Waals surface area contributed by atoms with Gasteiger partial charge >= 0.3 is 0 Å². The lowest BCUT2D eigenvalue weighted by Crippen LogP contribution is -2.48. The number of aliphatic hydroxyl groups excluding tert-OH is 1. The van der Waals surface area contributed by atoms with Gasteiger partial charge < -0.3 is 24.9 Å². The van der Waals surface area contributed by atoms with Gasteiger partial charge in [-0.1, -0.05) is 24.3 Å². The molecule has 2 amide bonds. The second kappa shape index (κ2) is 8.53. The summed E-state index contributed by atoms with van der Waals surface area (Å²) in [5.74, 6) is -1.13. The minimum atomic E-state index is -1.16. The maximum absolute atomic E-state index is 12.9. The molecule has 0 aliphatic rings. The number of amides is 2. The van der Waals surface area contributed by atoms with Crippen LogP contribution in [0.15, 0.2) is 52.9 Å². The second-order valence-corrected chi connectivity index (χ2v) is 6.04. The first-order chi connectivity index (χ1) is 13.5. The van der Waals surface area contributed by atoms with Gasteiger partial charge in [0.2, 0.25) is 5.91 Å². The summed E-state index contributed by atoms with van der Waals surface area (Å²) in [7, 11) is 1.49. The number of fused-ring (bicyclic) bond motifs is 1. The van der Waals surface area contributed by atoms with Crippen LogP contribution in [0.25, 0.3) is 11.0 Å². The smallest absolute Gasteiger partial charge is 0.287 e. The molecule has 7 nitrogen and oxygen atoms in total. The van der Waals surface area contributed by atoms with Crippen molar-refractivity contribution >= 4 is 22.8 Å². The van der Waals surface area contributed by atoms with Crippen molar-refractivity contribution in [1.82, 2.24) is 10.6 Å². The van der Waals surface area contributed by atoms with Crippen molar-refractivity contribution in [3.63, 3.8) is 0 Å². The lowest BCUT2D eigenvalue weighted by molar-refractivity contribution is -0.124. The summed E-state index contributed by atoms with van der Waals surface area (Å²) in [5, 5.41) is 15.2. The van der Waals surface area contributed by atoms with E-state index in [1.54, 1.807) is 18.2 Å². The molecule has 0 aliphatic heterocycles. The number of carbonyl (C=O) groups excluding carboxylic acids is 2. The van der Waals surface area contributed by atoms with Crippen molar-refractivity contribution < 1.29 is 28.2 Å². The monoisotopic (exact) mass is 386 g/mol. The van der Waals surface area contributed by atoms with Crippen LogP contribution in [0.1, 0.15) is 16.1 Å². The molecule has 0 bridgehead atoms. The first-order valence-corrected chi connectivity index (χ1v) is 8.52. The number of aliphatic hydroxyl groups is 1. The maximum Gasteiger partial charge on any atom is 0.287 e. The number of hydrogen-bond donors (Lipinski definition) is 3. The number of hydrogen-bond acceptors (Lipinski definition) is 5. The Hall–Kier alpha value is -3.39. The number of para-hydroxylation sites is 1. The van der Waals surface area contributed by atoms with Crippen LogP contribution < -0.4 is 15.4 Å². The molecule has 1 atom stereocenters. The number of methoxy groups -OCH3 is 1. The van der Waals surface area contributed by atoms with Crippen LogP contribution >= 0.6 is 0 Å². The zero-order chi connectivity index (χ0) is 20.1. The van der Waals surface area contributed by atoms with Crippen LogP contribution in [0.4, 0.5) is 4.39 Å². The maximum atomic E-state index is 12.9. The highest BCUT2D eigenvalue weighted by Crippen LogP contribution is 2.28. The number of ether oxygens (including phenoxy) is 1. The SMILES string of the molecule is COc1cccc2cc(C(=O)NC(CO)C(=O)NCc3ccc(F)cc3)oc12. The topological polar surface area (TPSA) is 101 Å². The number of halogens is 1. The van der Waals surface area contributed by atoms with E-state index in [4.69, 9.17) is 9.15 Å². The fourth-order valence-electron chi connectivity index (χ4n) is 2.65. The van der Waals surface area contributed by atoms with E-state index < -0.39 is 24.5 Å². The summed E-state index contributed by atoms with van der Waals surface area (Å²) < 4.78 is 23.6. The van der Waals surface area contributed by atoms with E-state index >= 15 is 0 Å².